The average molecular weight is 402 g/mol. The molecular formula is C16H22N2O6S2. The van der Waals surface area contributed by atoms with Gasteiger partial charge in [-0.05, 0) is 49.9 Å². The second-order valence-electron chi connectivity index (χ2n) is 6.62. The van der Waals surface area contributed by atoms with Crippen LogP contribution < -0.4 is 9.03 Å². The molecule has 2 heterocycles. The molecule has 0 unspecified atom stereocenters. The fraction of sp³-hybridized carbons (Fsp3) is 0.562. The van der Waals surface area contributed by atoms with E-state index >= 15 is 0 Å². The number of hydrogen-bond acceptors (Lipinski definition) is 6. The van der Waals surface area contributed by atoms with Crippen molar-refractivity contribution in [1.82, 2.24) is 4.72 Å². The van der Waals surface area contributed by atoms with Gasteiger partial charge in [-0.15, -0.1) is 0 Å². The number of rotatable bonds is 5. The van der Waals surface area contributed by atoms with Crippen LogP contribution in [0, 0.1) is 13.8 Å². The van der Waals surface area contributed by atoms with Gasteiger partial charge in [0.15, 0.2) is 0 Å². The lowest BCUT2D eigenvalue weighted by molar-refractivity contribution is -0.116. The Labute approximate surface area is 153 Å². The maximum Gasteiger partial charge on any atom is 0.242 e. The summed E-state index contributed by atoms with van der Waals surface area (Å²) in [7, 11) is -7.46. The summed E-state index contributed by atoms with van der Waals surface area (Å²) >= 11 is 0. The first-order chi connectivity index (χ1) is 12.1. The van der Waals surface area contributed by atoms with Crippen molar-refractivity contribution in [3.63, 3.8) is 0 Å². The Balaban J connectivity index is 1.91. The number of anilines is 1. The van der Waals surface area contributed by atoms with E-state index in [2.05, 4.69) is 4.72 Å². The SMILES string of the molecule is Cc1cc(N2C(=O)CCS2(=O)=O)cc(C)c1S(=O)(=O)NC[C@H]1CCCO1. The molecule has 2 aliphatic rings. The van der Waals surface area contributed by atoms with Crippen molar-refractivity contribution >= 4 is 31.6 Å². The van der Waals surface area contributed by atoms with Crippen LogP contribution >= 0.6 is 0 Å². The van der Waals surface area contributed by atoms with E-state index < -0.39 is 26.0 Å². The molecule has 3 rings (SSSR count). The number of ether oxygens (including phenoxy) is 1. The van der Waals surface area contributed by atoms with Crippen molar-refractivity contribution in [2.75, 3.05) is 23.2 Å². The Morgan fingerprint density at radius 3 is 2.42 bits per heavy atom. The fourth-order valence-corrected chi connectivity index (χ4v) is 6.38. The molecule has 1 aromatic carbocycles. The highest BCUT2D eigenvalue weighted by molar-refractivity contribution is 7.94. The minimum absolute atomic E-state index is 0.0660. The first-order valence-corrected chi connectivity index (χ1v) is 11.5. The summed E-state index contributed by atoms with van der Waals surface area (Å²) in [6.45, 7) is 4.01. The van der Waals surface area contributed by atoms with Crippen LogP contribution in [-0.2, 0) is 29.6 Å². The number of nitrogens with one attached hydrogen (secondary N) is 1. The minimum Gasteiger partial charge on any atom is -0.377 e. The molecule has 2 saturated heterocycles. The van der Waals surface area contributed by atoms with Gasteiger partial charge in [0.25, 0.3) is 0 Å². The zero-order valence-corrected chi connectivity index (χ0v) is 16.3. The summed E-state index contributed by atoms with van der Waals surface area (Å²) in [6.07, 6.45) is 1.53. The molecule has 8 nitrogen and oxygen atoms in total. The molecular weight excluding hydrogens is 380 g/mol. The predicted molar refractivity (Wildman–Crippen MR) is 96.0 cm³/mol. The topological polar surface area (TPSA) is 110 Å². The summed E-state index contributed by atoms with van der Waals surface area (Å²) in [5, 5.41) is 0. The van der Waals surface area contributed by atoms with E-state index in [9.17, 15) is 21.6 Å². The molecule has 10 heteroatoms. The summed E-state index contributed by atoms with van der Waals surface area (Å²) in [5.74, 6) is -0.733. The Morgan fingerprint density at radius 2 is 1.92 bits per heavy atom. The van der Waals surface area contributed by atoms with Gasteiger partial charge in [-0.3, -0.25) is 4.79 Å². The fourth-order valence-electron chi connectivity index (χ4n) is 3.42. The summed E-state index contributed by atoms with van der Waals surface area (Å²) in [6, 6.07) is 2.85. The van der Waals surface area contributed by atoms with Gasteiger partial charge in [-0.2, -0.15) is 0 Å². The molecule has 1 amide bonds. The van der Waals surface area contributed by atoms with E-state index in [0.717, 1.165) is 17.1 Å². The van der Waals surface area contributed by atoms with Crippen LogP contribution in [0.1, 0.15) is 30.4 Å². The van der Waals surface area contributed by atoms with Crippen molar-refractivity contribution in [2.45, 2.75) is 44.1 Å². The first kappa shape index (κ1) is 19.3. The Morgan fingerprint density at radius 1 is 1.27 bits per heavy atom. The van der Waals surface area contributed by atoms with Crippen LogP contribution in [0.5, 0.6) is 0 Å². The third kappa shape index (κ3) is 3.64. The van der Waals surface area contributed by atoms with Gasteiger partial charge in [0.2, 0.25) is 26.0 Å². The molecule has 2 aliphatic heterocycles. The van der Waals surface area contributed by atoms with Crippen molar-refractivity contribution in [3.05, 3.63) is 23.3 Å². The quantitative estimate of drug-likeness (QED) is 0.781. The molecule has 1 aromatic rings. The van der Waals surface area contributed by atoms with Crippen molar-refractivity contribution in [1.29, 1.82) is 0 Å². The van der Waals surface area contributed by atoms with E-state index in [4.69, 9.17) is 4.74 Å². The summed E-state index contributed by atoms with van der Waals surface area (Å²) < 4.78 is 58.3. The van der Waals surface area contributed by atoms with Crippen LogP contribution in [0.2, 0.25) is 0 Å². The van der Waals surface area contributed by atoms with E-state index in [1.165, 1.54) is 12.1 Å². The third-order valence-corrected chi connectivity index (χ3v) is 7.97. The highest BCUT2D eigenvalue weighted by atomic mass is 32.2. The predicted octanol–water partition coefficient (Wildman–Crippen LogP) is 0.827. The number of carbonyl (C=O) groups excluding carboxylic acids is 1. The average Bonchev–Trinajstić information content (AvgIpc) is 3.12. The molecule has 0 aromatic heterocycles. The Hall–Kier alpha value is -1.49. The standard InChI is InChI=1S/C16H22N2O6S2/c1-11-8-13(18-15(19)5-7-25(18,20)21)9-12(2)16(11)26(22,23)17-10-14-4-3-6-24-14/h8-9,14,17H,3-7,10H2,1-2H3/t14-/m1/s1. The van der Waals surface area contributed by atoms with Gasteiger partial charge in [0, 0.05) is 19.6 Å². The van der Waals surface area contributed by atoms with E-state index in [-0.39, 0.29) is 35.4 Å². The van der Waals surface area contributed by atoms with Gasteiger partial charge in [0.05, 0.1) is 22.4 Å². The number of aryl methyl sites for hydroxylation is 2. The normalized spacial score (nSPS) is 22.9. The number of amides is 1. The molecule has 0 aliphatic carbocycles. The number of nitrogens with zero attached hydrogens (tertiary/aromatic N) is 1. The molecule has 0 bridgehead atoms. The Kier molecular flexibility index (Phi) is 5.13. The lowest BCUT2D eigenvalue weighted by atomic mass is 10.1. The van der Waals surface area contributed by atoms with Crippen molar-refractivity contribution in [3.8, 4) is 0 Å². The van der Waals surface area contributed by atoms with Gasteiger partial charge in [0.1, 0.15) is 0 Å². The second kappa shape index (κ2) is 6.91. The van der Waals surface area contributed by atoms with E-state index in [1.54, 1.807) is 13.8 Å². The molecule has 2 fully saturated rings. The van der Waals surface area contributed by atoms with Crippen LogP contribution in [0.4, 0.5) is 5.69 Å². The van der Waals surface area contributed by atoms with Gasteiger partial charge in [-0.1, -0.05) is 0 Å². The number of carbonyl (C=O) groups is 1. The molecule has 1 N–H and O–H groups in total. The zero-order valence-electron chi connectivity index (χ0n) is 14.7. The molecule has 0 spiro atoms. The summed E-state index contributed by atoms with van der Waals surface area (Å²) in [4.78, 5) is 12.0. The molecule has 0 saturated carbocycles. The second-order valence-corrected chi connectivity index (χ2v) is 10.3. The highest BCUT2D eigenvalue weighted by Crippen LogP contribution is 2.31. The molecule has 0 radical (unpaired) electrons. The van der Waals surface area contributed by atoms with Gasteiger partial charge < -0.3 is 4.74 Å². The maximum absolute atomic E-state index is 12.7. The van der Waals surface area contributed by atoms with Crippen molar-refractivity contribution in [2.24, 2.45) is 0 Å². The van der Waals surface area contributed by atoms with Gasteiger partial charge in [-0.25, -0.2) is 25.9 Å². The van der Waals surface area contributed by atoms with Crippen molar-refractivity contribution < 1.29 is 26.4 Å². The smallest absolute Gasteiger partial charge is 0.242 e. The lowest BCUT2D eigenvalue weighted by Crippen LogP contribution is -2.33. The van der Waals surface area contributed by atoms with E-state index in [0.29, 0.717) is 17.7 Å². The maximum atomic E-state index is 12.7. The van der Waals surface area contributed by atoms with Gasteiger partial charge >= 0.3 is 0 Å². The van der Waals surface area contributed by atoms with E-state index in [1.807, 2.05) is 0 Å². The summed E-state index contributed by atoms with van der Waals surface area (Å²) in [5.41, 5.74) is 0.949. The van der Waals surface area contributed by atoms with Crippen LogP contribution in [0.3, 0.4) is 0 Å². The molecule has 1 atom stereocenters. The number of sulfonamides is 2. The molecule has 26 heavy (non-hydrogen) atoms. The van der Waals surface area contributed by atoms with Crippen LogP contribution in [-0.4, -0.2) is 47.8 Å². The monoisotopic (exact) mass is 402 g/mol. The third-order valence-electron chi connectivity index (χ3n) is 4.55. The zero-order chi connectivity index (χ0) is 19.1. The molecule has 144 valence electrons. The largest absolute Gasteiger partial charge is 0.377 e. The van der Waals surface area contributed by atoms with Crippen LogP contribution in [0.15, 0.2) is 17.0 Å². The number of benzene rings is 1. The highest BCUT2D eigenvalue weighted by Gasteiger charge is 2.37. The minimum atomic E-state index is -3.77. The first-order valence-electron chi connectivity index (χ1n) is 8.40. The number of hydrogen-bond donors (Lipinski definition) is 1. The Bertz CT molecular complexity index is 910. The lowest BCUT2D eigenvalue weighted by Gasteiger charge is -2.19. The van der Waals surface area contributed by atoms with Crippen LogP contribution in [0.25, 0.3) is 0 Å².